The zero-order valence-electron chi connectivity index (χ0n) is 13.8. The summed E-state index contributed by atoms with van der Waals surface area (Å²) in [6, 6.07) is 11.6. The predicted molar refractivity (Wildman–Crippen MR) is 92.9 cm³/mol. The molecule has 0 radical (unpaired) electrons. The van der Waals surface area contributed by atoms with Crippen molar-refractivity contribution in [2.24, 2.45) is 0 Å². The van der Waals surface area contributed by atoms with E-state index in [0.29, 0.717) is 12.2 Å². The van der Waals surface area contributed by atoms with Crippen LogP contribution >= 0.6 is 0 Å². The minimum absolute atomic E-state index is 0.152. The average molecular weight is 336 g/mol. The molecular formula is C18H20N6O. The SMILES string of the molecule is O=C(NC(Cn1cccn1)c1ccccc1)c1n[nH]c2c1CCNC2. The largest absolute Gasteiger partial charge is 0.342 e. The number of nitrogens with one attached hydrogen (secondary N) is 3. The lowest BCUT2D eigenvalue weighted by atomic mass is 10.0. The van der Waals surface area contributed by atoms with Gasteiger partial charge in [0.05, 0.1) is 18.3 Å². The van der Waals surface area contributed by atoms with Crippen LogP contribution in [0.4, 0.5) is 0 Å². The van der Waals surface area contributed by atoms with E-state index >= 15 is 0 Å². The van der Waals surface area contributed by atoms with Gasteiger partial charge in [0.2, 0.25) is 0 Å². The lowest BCUT2D eigenvalue weighted by Crippen LogP contribution is -2.33. The number of aromatic amines is 1. The van der Waals surface area contributed by atoms with Crippen LogP contribution in [0.5, 0.6) is 0 Å². The van der Waals surface area contributed by atoms with E-state index in [9.17, 15) is 4.79 Å². The topological polar surface area (TPSA) is 87.6 Å². The van der Waals surface area contributed by atoms with Gasteiger partial charge in [-0.05, 0) is 24.6 Å². The van der Waals surface area contributed by atoms with Crippen molar-refractivity contribution in [3.8, 4) is 0 Å². The fraction of sp³-hybridized carbons (Fsp3) is 0.278. The molecule has 3 N–H and O–H groups in total. The Labute approximate surface area is 145 Å². The molecule has 0 saturated heterocycles. The molecule has 4 rings (SSSR count). The molecule has 3 heterocycles. The molecule has 3 aromatic rings. The molecule has 7 nitrogen and oxygen atoms in total. The van der Waals surface area contributed by atoms with Crippen molar-refractivity contribution in [1.82, 2.24) is 30.6 Å². The second-order valence-corrected chi connectivity index (χ2v) is 6.12. The molecule has 1 unspecified atom stereocenters. The summed E-state index contributed by atoms with van der Waals surface area (Å²) >= 11 is 0. The fourth-order valence-electron chi connectivity index (χ4n) is 3.17. The first-order valence-electron chi connectivity index (χ1n) is 8.41. The van der Waals surface area contributed by atoms with Crippen LogP contribution in [0.15, 0.2) is 48.8 Å². The van der Waals surface area contributed by atoms with Crippen molar-refractivity contribution in [3.63, 3.8) is 0 Å². The van der Waals surface area contributed by atoms with Gasteiger partial charge in [-0.25, -0.2) is 0 Å². The number of hydrogen-bond donors (Lipinski definition) is 3. The number of carbonyl (C=O) groups excluding carboxylic acids is 1. The first kappa shape index (κ1) is 15.6. The van der Waals surface area contributed by atoms with Gasteiger partial charge < -0.3 is 10.6 Å². The van der Waals surface area contributed by atoms with Gasteiger partial charge in [0.25, 0.3) is 5.91 Å². The number of fused-ring (bicyclic) bond motifs is 1. The van der Waals surface area contributed by atoms with Crippen molar-refractivity contribution in [2.45, 2.75) is 25.6 Å². The molecule has 128 valence electrons. The highest BCUT2D eigenvalue weighted by molar-refractivity contribution is 5.94. The summed E-state index contributed by atoms with van der Waals surface area (Å²) in [7, 11) is 0. The summed E-state index contributed by atoms with van der Waals surface area (Å²) in [5, 5.41) is 17.9. The van der Waals surface area contributed by atoms with E-state index in [0.717, 1.165) is 36.3 Å². The van der Waals surface area contributed by atoms with E-state index < -0.39 is 0 Å². The van der Waals surface area contributed by atoms with Crippen molar-refractivity contribution in [1.29, 1.82) is 0 Å². The Kier molecular flexibility index (Phi) is 4.30. The number of carbonyl (C=O) groups is 1. The summed E-state index contributed by atoms with van der Waals surface area (Å²) in [5.74, 6) is -0.152. The van der Waals surface area contributed by atoms with Crippen molar-refractivity contribution < 1.29 is 4.79 Å². The summed E-state index contributed by atoms with van der Waals surface area (Å²) in [6.45, 7) is 2.16. The van der Waals surface area contributed by atoms with Gasteiger partial charge in [0, 0.05) is 24.5 Å². The Morgan fingerprint density at radius 1 is 1.28 bits per heavy atom. The third kappa shape index (κ3) is 3.32. The number of aromatic nitrogens is 4. The average Bonchev–Trinajstić information content (AvgIpc) is 3.31. The highest BCUT2D eigenvalue weighted by atomic mass is 16.2. The molecule has 0 spiro atoms. The monoisotopic (exact) mass is 336 g/mol. The molecule has 2 aromatic heterocycles. The van der Waals surface area contributed by atoms with E-state index in [1.165, 1.54) is 0 Å². The van der Waals surface area contributed by atoms with Gasteiger partial charge in [-0.1, -0.05) is 30.3 Å². The summed E-state index contributed by atoms with van der Waals surface area (Å²) in [5.41, 5.74) is 3.55. The number of benzene rings is 1. The molecule has 1 atom stereocenters. The van der Waals surface area contributed by atoms with Crippen LogP contribution in [-0.4, -0.2) is 32.4 Å². The third-order valence-corrected chi connectivity index (χ3v) is 4.46. The molecule has 25 heavy (non-hydrogen) atoms. The Morgan fingerprint density at radius 3 is 2.96 bits per heavy atom. The number of nitrogens with zero attached hydrogens (tertiary/aromatic N) is 3. The van der Waals surface area contributed by atoms with Gasteiger partial charge in [-0.15, -0.1) is 0 Å². The lowest BCUT2D eigenvalue weighted by Gasteiger charge is -2.20. The van der Waals surface area contributed by atoms with E-state index in [2.05, 4.69) is 25.9 Å². The maximum Gasteiger partial charge on any atom is 0.272 e. The molecule has 0 fully saturated rings. The normalized spacial score (nSPS) is 14.7. The number of H-pyrrole nitrogens is 1. The van der Waals surface area contributed by atoms with Crippen LogP contribution in [0.2, 0.25) is 0 Å². The molecule has 0 saturated carbocycles. The molecule has 1 amide bonds. The lowest BCUT2D eigenvalue weighted by molar-refractivity contribution is 0.0925. The molecule has 1 aromatic carbocycles. The zero-order chi connectivity index (χ0) is 17.1. The van der Waals surface area contributed by atoms with Crippen molar-refractivity contribution in [2.75, 3.05) is 6.54 Å². The minimum Gasteiger partial charge on any atom is -0.342 e. The van der Waals surface area contributed by atoms with Crippen LogP contribution in [-0.2, 0) is 19.5 Å². The minimum atomic E-state index is -0.178. The second kappa shape index (κ2) is 6.90. The maximum atomic E-state index is 12.8. The summed E-state index contributed by atoms with van der Waals surface area (Å²) < 4.78 is 1.82. The highest BCUT2D eigenvalue weighted by Crippen LogP contribution is 2.19. The number of rotatable bonds is 5. The Morgan fingerprint density at radius 2 is 2.16 bits per heavy atom. The fourth-order valence-corrected chi connectivity index (χ4v) is 3.17. The number of hydrogen-bond acceptors (Lipinski definition) is 4. The molecule has 0 bridgehead atoms. The maximum absolute atomic E-state index is 12.8. The Balaban J connectivity index is 1.57. The predicted octanol–water partition coefficient (Wildman–Crippen LogP) is 1.42. The molecule has 1 aliphatic heterocycles. The smallest absolute Gasteiger partial charge is 0.272 e. The van der Waals surface area contributed by atoms with Gasteiger partial charge in [-0.2, -0.15) is 10.2 Å². The van der Waals surface area contributed by atoms with Gasteiger partial charge >= 0.3 is 0 Å². The third-order valence-electron chi connectivity index (χ3n) is 4.46. The van der Waals surface area contributed by atoms with Crippen molar-refractivity contribution >= 4 is 5.91 Å². The summed E-state index contributed by atoms with van der Waals surface area (Å²) in [6.07, 6.45) is 4.44. The van der Waals surface area contributed by atoms with Crippen molar-refractivity contribution in [3.05, 3.63) is 71.3 Å². The molecule has 1 aliphatic rings. The molecular weight excluding hydrogens is 316 g/mol. The Bertz CT molecular complexity index is 840. The van der Waals surface area contributed by atoms with Crippen LogP contribution in [0.3, 0.4) is 0 Å². The van der Waals surface area contributed by atoms with E-state index in [4.69, 9.17) is 0 Å². The van der Waals surface area contributed by atoms with E-state index in [1.54, 1.807) is 6.20 Å². The summed E-state index contributed by atoms with van der Waals surface area (Å²) in [4.78, 5) is 12.8. The van der Waals surface area contributed by atoms with Gasteiger partial charge in [0.15, 0.2) is 5.69 Å². The first-order valence-corrected chi connectivity index (χ1v) is 8.41. The van der Waals surface area contributed by atoms with E-state index in [1.807, 2.05) is 47.3 Å². The standard InChI is InChI=1S/C18H20N6O/c25-18(17-14-7-9-19-11-15(14)22-23-17)21-16(12-24-10-4-8-20-24)13-5-2-1-3-6-13/h1-6,8,10,16,19H,7,9,11-12H2,(H,21,25)(H,22,23). The molecule has 7 heteroatoms. The van der Waals surface area contributed by atoms with Crippen LogP contribution in [0, 0.1) is 0 Å². The van der Waals surface area contributed by atoms with Crippen LogP contribution in [0.1, 0.15) is 33.4 Å². The van der Waals surface area contributed by atoms with Gasteiger partial charge in [0.1, 0.15) is 0 Å². The quantitative estimate of drug-likeness (QED) is 0.658. The van der Waals surface area contributed by atoms with Gasteiger partial charge in [-0.3, -0.25) is 14.6 Å². The highest BCUT2D eigenvalue weighted by Gasteiger charge is 2.24. The van der Waals surface area contributed by atoms with E-state index in [-0.39, 0.29) is 11.9 Å². The second-order valence-electron chi connectivity index (χ2n) is 6.12. The first-order chi connectivity index (χ1) is 12.3. The van der Waals surface area contributed by atoms with Crippen LogP contribution < -0.4 is 10.6 Å². The number of amides is 1. The van der Waals surface area contributed by atoms with Crippen LogP contribution in [0.25, 0.3) is 0 Å². The zero-order valence-corrected chi connectivity index (χ0v) is 13.8. The molecule has 0 aliphatic carbocycles. The Hall–Kier alpha value is -2.93.